The number of hydrogen-bond acceptors (Lipinski definition) is 0. The molecule has 0 bridgehead atoms. The van der Waals surface area contributed by atoms with E-state index in [2.05, 4.69) is 160 Å². The van der Waals surface area contributed by atoms with Gasteiger partial charge in [-0.15, -0.1) is 24.8 Å². The van der Waals surface area contributed by atoms with E-state index in [0.29, 0.717) is 5.92 Å². The van der Waals surface area contributed by atoms with Crippen molar-refractivity contribution in [2.75, 3.05) is 0 Å². The standard InChI is InChI=1S/C25H25.C12H19.2C6H4Cl.CH2.2ClH.Zr/c1-14-12-24(3,4)22-8-16-7-17-9-23-19(15(2)13-25(23,5)6)11-21(17)20(16)10-18(14)22;1-5-6-10-7-8-11(9-10)12(2,3)4;2*7-6-4-2-1-3-5-6;;;;/h8-12H,7H2,1-6H3;8-10H,5-6H2,1-4H3;2*2-5H;1H2;2*1H;. The SMILES string of the molecule is Cl.Cl.[CH2]=[Zr]([C]1=CC(C(C)(C)C)=CC1CCC)([C]1=C(C)c2cc3c(cc2C1(C)C)Cc1cc2c(cc1-3)C(C)=CC2(C)C)([c]1ccc(Cl)cc1)[c]1ccc(Cl)cc1. The molecule has 4 aromatic carbocycles. The van der Waals surface area contributed by atoms with Gasteiger partial charge in [0.05, 0.1) is 0 Å². The van der Waals surface area contributed by atoms with Gasteiger partial charge in [-0.05, 0) is 0 Å². The van der Waals surface area contributed by atoms with Crippen molar-refractivity contribution >= 4 is 69.9 Å². The summed E-state index contributed by atoms with van der Waals surface area (Å²) in [5, 5.41) is 1.50. The summed E-state index contributed by atoms with van der Waals surface area (Å²) in [7, 11) is 0. The van der Waals surface area contributed by atoms with E-state index >= 15 is 0 Å². The van der Waals surface area contributed by atoms with Crippen molar-refractivity contribution in [3.63, 3.8) is 0 Å². The first kappa shape index (κ1) is 42.4. The van der Waals surface area contributed by atoms with Gasteiger partial charge < -0.3 is 0 Å². The van der Waals surface area contributed by atoms with Crippen LogP contribution in [-0.2, 0) is 35.5 Å². The van der Waals surface area contributed by atoms with Crippen LogP contribution in [0, 0.1) is 11.3 Å². The fourth-order valence-electron chi connectivity index (χ4n) is 11.3. The molecule has 288 valence electrons. The summed E-state index contributed by atoms with van der Waals surface area (Å²) in [6.07, 6.45) is 10.8. The third-order valence-corrected chi connectivity index (χ3v) is 31.6. The molecule has 0 aromatic heterocycles. The zero-order valence-corrected chi connectivity index (χ0v) is 39.7. The molecule has 0 saturated heterocycles. The van der Waals surface area contributed by atoms with Gasteiger partial charge in [0.2, 0.25) is 0 Å². The second-order valence-electron chi connectivity index (χ2n) is 18.8. The Balaban J connectivity index is 0.00000257. The first-order valence-corrected chi connectivity index (χ1v) is 27.0. The molecule has 4 aliphatic carbocycles. The van der Waals surface area contributed by atoms with Crippen molar-refractivity contribution in [2.45, 2.75) is 99.3 Å². The Morgan fingerprint density at radius 1 is 0.745 bits per heavy atom. The Bertz CT molecular complexity index is 2390. The van der Waals surface area contributed by atoms with Gasteiger partial charge in [-0.25, -0.2) is 0 Å². The summed E-state index contributed by atoms with van der Waals surface area (Å²) in [6.45, 7) is 23.8. The van der Waals surface area contributed by atoms with Crippen molar-refractivity contribution in [1.29, 1.82) is 0 Å². The Kier molecular flexibility index (Phi) is 10.7. The van der Waals surface area contributed by atoms with Crippen LogP contribution in [0.25, 0.3) is 22.3 Å². The summed E-state index contributed by atoms with van der Waals surface area (Å²) < 4.78 is 11.6. The molecule has 0 saturated carbocycles. The van der Waals surface area contributed by atoms with Crippen molar-refractivity contribution in [3.8, 4) is 11.1 Å². The van der Waals surface area contributed by atoms with Crippen LogP contribution >= 0.6 is 48.0 Å². The maximum atomic E-state index is 6.72. The maximum absolute atomic E-state index is 6.72. The molecule has 0 heterocycles. The zero-order chi connectivity index (χ0) is 38.1. The fourth-order valence-corrected chi connectivity index (χ4v) is 30.4. The summed E-state index contributed by atoms with van der Waals surface area (Å²) in [5.74, 6) is 0.294. The van der Waals surface area contributed by atoms with Gasteiger partial charge in [-0.2, -0.15) is 0 Å². The second-order valence-corrected chi connectivity index (χ2v) is 32.3. The molecule has 55 heavy (non-hydrogen) atoms. The van der Waals surface area contributed by atoms with Crippen LogP contribution in [-0.4, -0.2) is 4.21 Å². The van der Waals surface area contributed by atoms with Crippen LogP contribution in [0.5, 0.6) is 0 Å². The van der Waals surface area contributed by atoms with E-state index in [0.717, 1.165) is 29.3 Å². The number of benzene rings is 4. The molecular formula is C50H56Cl4Zr. The van der Waals surface area contributed by atoms with Crippen molar-refractivity contribution < 1.29 is 18.3 Å². The van der Waals surface area contributed by atoms with Crippen LogP contribution in [0.4, 0.5) is 0 Å². The van der Waals surface area contributed by atoms with Crippen LogP contribution in [0.3, 0.4) is 0 Å². The average molecular weight is 890 g/mol. The number of hydrogen-bond donors (Lipinski definition) is 0. The molecule has 1 unspecified atom stereocenters. The quantitative estimate of drug-likeness (QED) is 0.159. The molecule has 4 aliphatic rings. The van der Waals surface area contributed by atoms with Gasteiger partial charge in [-0.3, -0.25) is 0 Å². The molecule has 4 aromatic rings. The van der Waals surface area contributed by atoms with E-state index in [1.807, 2.05) is 0 Å². The monoisotopic (exact) mass is 886 g/mol. The molecule has 0 N–H and O–H groups in total. The molecule has 0 amide bonds. The van der Waals surface area contributed by atoms with Gasteiger partial charge in [0, 0.05) is 0 Å². The van der Waals surface area contributed by atoms with Crippen molar-refractivity contribution in [3.05, 3.63) is 147 Å². The molecule has 5 heteroatoms. The van der Waals surface area contributed by atoms with E-state index in [9.17, 15) is 0 Å². The topological polar surface area (TPSA) is 0 Å². The Hall–Kier alpha value is -2.25. The van der Waals surface area contributed by atoms with E-state index in [-0.39, 0.29) is 41.1 Å². The minimum absolute atomic E-state index is 0. The Morgan fingerprint density at radius 2 is 1.25 bits per heavy atom. The summed E-state index contributed by atoms with van der Waals surface area (Å²) in [5.41, 5.74) is 15.4. The molecule has 0 fully saturated rings. The van der Waals surface area contributed by atoms with Crippen molar-refractivity contribution in [2.24, 2.45) is 11.3 Å². The fraction of sp³-hybridized carbons (Fsp3) is 0.340. The number of rotatable bonds is 6. The molecule has 1 atom stereocenters. The van der Waals surface area contributed by atoms with E-state index in [4.69, 9.17) is 27.4 Å². The predicted octanol–water partition coefficient (Wildman–Crippen LogP) is 14.2. The predicted molar refractivity (Wildman–Crippen MR) is 245 cm³/mol. The van der Waals surface area contributed by atoms with Gasteiger partial charge >= 0.3 is 332 Å². The first-order valence-electron chi connectivity index (χ1n) is 19.6. The third-order valence-electron chi connectivity index (χ3n) is 13.6. The molecule has 0 radical (unpaired) electrons. The Labute approximate surface area is 353 Å². The molecule has 0 nitrogen and oxygen atoms in total. The van der Waals surface area contributed by atoms with E-state index in [1.54, 1.807) is 0 Å². The summed E-state index contributed by atoms with van der Waals surface area (Å²) >= 11 is 8.29. The number of fused-ring (bicyclic) bond motifs is 5. The van der Waals surface area contributed by atoms with Gasteiger partial charge in [0.15, 0.2) is 0 Å². The number of allylic oxidation sites excluding steroid dienone is 8. The van der Waals surface area contributed by atoms with Crippen molar-refractivity contribution in [1.82, 2.24) is 0 Å². The zero-order valence-electron chi connectivity index (χ0n) is 34.1. The number of halogens is 4. The average Bonchev–Trinajstić information content (AvgIpc) is 3.79. The summed E-state index contributed by atoms with van der Waals surface area (Å²) in [6, 6.07) is 27.8. The minimum atomic E-state index is -5.15. The Morgan fingerprint density at radius 3 is 1.76 bits per heavy atom. The molecule has 0 aliphatic heterocycles. The molecule has 0 spiro atoms. The van der Waals surface area contributed by atoms with Crippen LogP contribution in [0.1, 0.15) is 115 Å². The molecule has 8 rings (SSSR count). The second kappa shape index (κ2) is 14.0. The molecular weight excluding hydrogens is 834 g/mol. The third kappa shape index (κ3) is 6.03. The van der Waals surface area contributed by atoms with E-state index in [1.165, 1.54) is 74.3 Å². The van der Waals surface area contributed by atoms with Crippen LogP contribution in [0.15, 0.2) is 103 Å². The van der Waals surface area contributed by atoms with Gasteiger partial charge in [0.25, 0.3) is 0 Å². The summed E-state index contributed by atoms with van der Waals surface area (Å²) in [4.78, 5) is 0. The van der Waals surface area contributed by atoms with Gasteiger partial charge in [0.1, 0.15) is 0 Å². The van der Waals surface area contributed by atoms with Gasteiger partial charge in [-0.1, -0.05) is 0 Å². The van der Waals surface area contributed by atoms with E-state index < -0.39 is 18.3 Å². The van der Waals surface area contributed by atoms with Crippen LogP contribution in [0.2, 0.25) is 10.0 Å². The first-order chi connectivity index (χ1) is 24.8. The van der Waals surface area contributed by atoms with Crippen LogP contribution < -0.4 is 6.54 Å². The normalized spacial score (nSPS) is 19.1.